The number of hydrogen-bond acceptors (Lipinski definition) is 25. The van der Waals surface area contributed by atoms with Gasteiger partial charge in [0.05, 0.1) is 76.8 Å². The first kappa shape index (κ1) is 82.0. The number of ether oxygens (including phenoxy) is 6. The van der Waals surface area contributed by atoms with Crippen molar-refractivity contribution >= 4 is 76.1 Å². The molecule has 584 valence electrons. The Kier molecular flexibility index (Phi) is 25.7. The maximum atomic E-state index is 16.2. The van der Waals surface area contributed by atoms with Gasteiger partial charge >= 0.3 is 5.97 Å². The minimum Gasteiger partial charge on any atom is -0.508 e. The molecule has 7 aliphatic rings. The van der Waals surface area contributed by atoms with Gasteiger partial charge in [0.15, 0.2) is 47.3 Å². The summed E-state index contributed by atoms with van der Waals surface area (Å²) in [6, 6.07) is 7.03. The van der Waals surface area contributed by atoms with Crippen molar-refractivity contribution in [2.24, 2.45) is 29.4 Å². The van der Waals surface area contributed by atoms with E-state index in [1.54, 1.807) is 6.92 Å². The number of carboxylic acid groups (broad SMARTS) is 1. The second-order valence-corrected chi connectivity index (χ2v) is 29.4. The number of phenolic OH excluding ortho intramolecular Hbond substituents is 3. The second kappa shape index (κ2) is 34.2. The Morgan fingerprint density at radius 2 is 1.39 bits per heavy atom. The molecular weight excluding hydrogens is 1470 g/mol. The van der Waals surface area contributed by atoms with Crippen molar-refractivity contribution in [2.45, 2.75) is 183 Å². The number of benzene rings is 5. The topological polar surface area (TPSA) is 497 Å². The zero-order valence-electron chi connectivity index (χ0n) is 59.8. The maximum absolute atomic E-state index is 16.2. The molecule has 5 aromatic rings. The van der Waals surface area contributed by atoms with Gasteiger partial charge in [-0.25, -0.2) is 4.79 Å². The summed E-state index contributed by atoms with van der Waals surface area (Å²) < 4.78 is 39.1. The number of nitrogens with one attached hydrogen (secondary N) is 5. The molecule has 0 spiro atoms. The third kappa shape index (κ3) is 18.0. The van der Waals surface area contributed by atoms with Crippen LogP contribution in [0.5, 0.6) is 46.0 Å². The highest BCUT2D eigenvalue weighted by atomic mass is 35.5. The fraction of sp³-hybridized carbons (Fsp3) is 0.461. The van der Waals surface area contributed by atoms with Gasteiger partial charge in [-0.15, -0.1) is 12.3 Å². The number of ketones is 3. The highest BCUT2D eigenvalue weighted by Crippen LogP contribution is 2.51. The molecule has 5 amide bonds. The molecule has 12 rings (SSSR count). The fourth-order valence-electron chi connectivity index (χ4n) is 14.2. The summed E-state index contributed by atoms with van der Waals surface area (Å²) >= 11 is 14.3. The summed E-state index contributed by atoms with van der Waals surface area (Å²) in [7, 11) is 1.52. The summed E-state index contributed by atoms with van der Waals surface area (Å²) in [6.07, 6.45) is -15.8. The van der Waals surface area contributed by atoms with Crippen LogP contribution in [-0.4, -0.2) is 184 Å². The van der Waals surface area contributed by atoms with Crippen LogP contribution in [0.3, 0.4) is 0 Å². The van der Waals surface area contributed by atoms with E-state index in [-0.39, 0.29) is 70.4 Å². The molecule has 17 N–H and O–H groups in total. The number of aliphatic hydroxyl groups is 6. The summed E-state index contributed by atoms with van der Waals surface area (Å²) in [6.45, 7) is 7.34. The maximum Gasteiger partial charge on any atom is 0.330 e. The Morgan fingerprint density at radius 1 is 0.752 bits per heavy atom. The number of halogens is 2. The molecule has 0 radical (unpaired) electrons. The molecule has 0 aromatic heterocycles. The van der Waals surface area contributed by atoms with Crippen molar-refractivity contribution in [3.05, 3.63) is 117 Å². The lowest BCUT2D eigenvalue weighted by atomic mass is 9.84. The first-order valence-electron chi connectivity index (χ1n) is 35.1. The zero-order valence-corrected chi connectivity index (χ0v) is 61.4. The number of fused-ring (bicyclic) bond motifs is 15. The summed E-state index contributed by atoms with van der Waals surface area (Å²) in [5, 5.41) is 128. The first-order valence-corrected chi connectivity index (χ1v) is 35.9. The Labute approximate surface area is 634 Å². The van der Waals surface area contributed by atoms with Crippen molar-refractivity contribution in [3.63, 3.8) is 0 Å². The van der Waals surface area contributed by atoms with Crippen LogP contribution < -0.4 is 46.5 Å². The molecule has 2 saturated heterocycles. The molecule has 33 heteroatoms. The van der Waals surface area contributed by atoms with Crippen molar-refractivity contribution in [3.8, 4) is 69.5 Å². The number of amides is 5. The number of hydrogen-bond donors (Lipinski definition) is 16. The van der Waals surface area contributed by atoms with Gasteiger partial charge in [0, 0.05) is 60.8 Å². The molecule has 7 aliphatic heterocycles. The molecule has 0 aliphatic carbocycles. The van der Waals surface area contributed by atoms with Crippen molar-refractivity contribution < 1.29 is 123 Å². The van der Waals surface area contributed by atoms with E-state index >= 15 is 19.2 Å². The normalized spacial score (nSPS) is 28.5. The van der Waals surface area contributed by atoms with Crippen molar-refractivity contribution in [2.75, 3.05) is 13.7 Å². The van der Waals surface area contributed by atoms with Crippen LogP contribution in [0.15, 0.2) is 78.9 Å². The Hall–Kier alpha value is -9.53. The number of rotatable bonds is 18. The number of likely N-dealkylation sites (N-methyl/N-ethyl adjacent to an activating group) is 1. The summed E-state index contributed by atoms with van der Waals surface area (Å²) in [5.41, 5.74) is 1.86. The van der Waals surface area contributed by atoms with Crippen LogP contribution in [0.4, 0.5) is 0 Å². The molecule has 109 heavy (non-hydrogen) atoms. The monoisotopic (exact) mass is 1550 g/mol. The predicted molar refractivity (Wildman–Crippen MR) is 384 cm³/mol. The minimum absolute atomic E-state index is 0.0598. The molecule has 11 bridgehead atoms. The number of phenols is 3. The van der Waals surface area contributed by atoms with E-state index in [0.717, 1.165) is 54.6 Å². The Morgan fingerprint density at radius 3 is 1.99 bits per heavy atom. The number of aliphatic carboxylic acids is 1. The molecule has 2 fully saturated rings. The molecule has 0 saturated carbocycles. The number of carbonyl (C=O) groups excluding carboxylic acids is 8. The lowest BCUT2D eigenvalue weighted by molar-refractivity contribution is -0.334. The van der Waals surface area contributed by atoms with Gasteiger partial charge in [-0.3, -0.25) is 38.4 Å². The standard InChI is InChI=1S/C76H86Cl2N6O25/c1-8-9-10-32(4)70(98)84-76(6)29-59(104-33(5)69(76)97)108-68-66(96)65(95)57(30-85)107-75(68)109-67-55-21-37-22-56(67)106-54-16-13-36(20-45(54)78)64(94)43-27-52(91)61(34-11-14-48(87)40(18-34)60-41(23-38(86)24-51(60)90)62(74(102)103)83-73(43)101)82-71(99)39(37)25-50(89)47(28-58(79)92)81-72(100)42(26-49(88)46(80-7)17-31(2)3)63(93)35-12-15-53(105-55)44(77)19-35/h1,11-16,18-24,31-33,39,42-43,46-47,57,59,61-66,68-69,75,80,85-87,90,93-97H,9-10,17,25-30H2,2-7H3,(H2,79,92)(H,81,100)(H,82,99)(H,83,101)(H,84,98)(H,102,103)/t32?,33-,39+,42+,43-,46+,47-,57+,59-,61+,62-,63+,64+,65+,66-,68+,69+,75-,76-/m0/s1. The van der Waals surface area contributed by atoms with E-state index < -0.39 is 256 Å². The smallest absolute Gasteiger partial charge is 0.330 e. The van der Waals surface area contributed by atoms with E-state index in [4.69, 9.17) is 63.8 Å². The van der Waals surface area contributed by atoms with E-state index in [1.165, 1.54) is 45.2 Å². The molecule has 31 nitrogen and oxygen atoms in total. The van der Waals surface area contributed by atoms with Crippen LogP contribution >= 0.6 is 23.2 Å². The van der Waals surface area contributed by atoms with Gasteiger partial charge in [-0.05, 0) is 117 Å². The van der Waals surface area contributed by atoms with Gasteiger partial charge in [0.25, 0.3) is 0 Å². The first-order chi connectivity index (χ1) is 51.5. The van der Waals surface area contributed by atoms with E-state index in [1.807, 2.05) is 13.8 Å². The SMILES string of the molecule is C#CCCC(C)C(=O)N[C@@]1(C)C[C@H](O[C@H]2[C@H](Oc3c4cc5cc3Oc3ccc(cc3Cl)[C@@H](O)[C@@H](CC(=O)[C@@H](CC(C)C)NC)C(=O)N[C@@H](CC(N)=O)C(=O)C[C@H]5C(=O)N[C@H]3C(=O)C[C@H](C(=O)N[C@H](C(=O)O)c5cc(O)cc(O)c5-c5cc3ccc5O)[C@H](O)c3ccc(c(Cl)c3)O4)O[C@H](CO)[C@@H](O)[C@@H]2O)O[C@@H](C)[C@H]1O. The van der Waals surface area contributed by atoms with Gasteiger partial charge < -0.3 is 112 Å². The van der Waals surface area contributed by atoms with Crippen molar-refractivity contribution in [1.29, 1.82) is 0 Å². The van der Waals surface area contributed by atoms with Crippen LogP contribution in [0.2, 0.25) is 10.0 Å². The van der Waals surface area contributed by atoms with Gasteiger partial charge in [-0.1, -0.05) is 62.2 Å². The average Bonchev–Trinajstić information content (AvgIpc) is 0.770. The molecule has 5 aromatic carbocycles. The number of Topliss-reactive ketones (excluding diaryl/α,β-unsaturated/α-hetero) is 3. The van der Waals surface area contributed by atoms with Gasteiger partial charge in [-0.2, -0.15) is 0 Å². The Bertz CT molecular complexity index is 4400. The highest BCUT2D eigenvalue weighted by Gasteiger charge is 2.53. The number of aliphatic hydroxyl groups excluding tert-OH is 6. The third-order valence-corrected chi connectivity index (χ3v) is 20.8. The van der Waals surface area contributed by atoms with Crippen LogP contribution in [-0.2, 0) is 57.4 Å². The van der Waals surface area contributed by atoms with Crippen molar-refractivity contribution in [1.82, 2.24) is 26.6 Å². The largest absolute Gasteiger partial charge is 0.508 e. The van der Waals surface area contributed by atoms with E-state index in [2.05, 4.69) is 32.5 Å². The zero-order chi connectivity index (χ0) is 79.5. The minimum atomic E-state index is -2.21. The predicted octanol–water partition coefficient (Wildman–Crippen LogP) is 4.38. The number of terminal acetylenes is 1. The Balaban J connectivity index is 1.22. The quantitative estimate of drug-likeness (QED) is 0.0541. The number of primary amides is 1. The molecule has 7 heterocycles. The number of nitrogens with two attached hydrogens (primary N) is 1. The molecule has 1 unspecified atom stereocenters. The molecular formula is C76H86Cl2N6O25. The third-order valence-electron chi connectivity index (χ3n) is 20.2. The number of aromatic hydroxyl groups is 3. The van der Waals surface area contributed by atoms with Crippen LogP contribution in [0.25, 0.3) is 11.1 Å². The van der Waals surface area contributed by atoms with Crippen LogP contribution in [0, 0.1) is 36.0 Å². The lowest BCUT2D eigenvalue weighted by Crippen LogP contribution is -2.66. The molecule has 19 atom stereocenters. The average molecular weight is 1550 g/mol. The number of carbonyl (C=O) groups is 9. The number of carboxylic acids is 1. The van der Waals surface area contributed by atoms with Crippen LogP contribution in [0.1, 0.15) is 144 Å². The van der Waals surface area contributed by atoms with Gasteiger partial charge in [0.2, 0.25) is 41.6 Å². The van der Waals surface area contributed by atoms with E-state index in [0.29, 0.717) is 0 Å². The second-order valence-electron chi connectivity index (χ2n) is 28.6. The summed E-state index contributed by atoms with van der Waals surface area (Å²) in [5.74, 6) is -19.0. The summed E-state index contributed by atoms with van der Waals surface area (Å²) in [4.78, 5) is 132. The highest BCUT2D eigenvalue weighted by molar-refractivity contribution is 6.32. The fourth-order valence-corrected chi connectivity index (χ4v) is 14.7. The lowest BCUT2D eigenvalue weighted by Gasteiger charge is -2.48. The van der Waals surface area contributed by atoms with E-state index in [9.17, 15) is 75.0 Å². The van der Waals surface area contributed by atoms with Gasteiger partial charge in [0.1, 0.15) is 59.2 Å².